The van der Waals surface area contributed by atoms with Gasteiger partial charge in [-0.25, -0.2) is 0 Å². The molecule has 520 valence electrons. The first-order chi connectivity index (χ1) is 43.2. The number of aliphatic hydroxyl groups excluding tert-OH is 5. The van der Waals surface area contributed by atoms with Crippen LogP contribution in [0.1, 0.15) is 393 Å². The second-order valence-corrected chi connectivity index (χ2v) is 27.1. The molecule has 0 bridgehead atoms. The molecule has 7 atom stereocenters. The molecular weight excluding hydrogens is 1100 g/mol. The van der Waals surface area contributed by atoms with E-state index in [0.717, 1.165) is 51.4 Å². The molecule has 1 heterocycles. The van der Waals surface area contributed by atoms with E-state index < -0.39 is 49.5 Å². The topological polar surface area (TPSA) is 175 Å². The minimum absolute atomic E-state index is 0.0174. The predicted octanol–water partition coefficient (Wildman–Crippen LogP) is 20.4. The minimum atomic E-state index is -1.57. The van der Waals surface area contributed by atoms with Gasteiger partial charge >= 0.3 is 5.97 Å². The molecule has 0 aliphatic carbocycles. The van der Waals surface area contributed by atoms with Gasteiger partial charge in [0.15, 0.2) is 6.29 Å². The zero-order valence-electron chi connectivity index (χ0n) is 58.0. The van der Waals surface area contributed by atoms with E-state index in [-0.39, 0.29) is 18.5 Å². The van der Waals surface area contributed by atoms with Crippen molar-refractivity contribution in [1.29, 1.82) is 0 Å². The summed E-state index contributed by atoms with van der Waals surface area (Å²) in [6.07, 6.45) is 75.0. The molecule has 1 rings (SSSR count). The van der Waals surface area contributed by atoms with Gasteiger partial charge in [-0.2, -0.15) is 0 Å². The Morgan fingerprint density at radius 3 is 1.12 bits per heavy atom. The fraction of sp³-hybridized carbons (Fsp3) is 0.922. The lowest BCUT2D eigenvalue weighted by Gasteiger charge is -2.40. The van der Waals surface area contributed by atoms with Gasteiger partial charge in [-0.3, -0.25) is 9.59 Å². The lowest BCUT2D eigenvalue weighted by molar-refractivity contribution is -0.302. The SMILES string of the molecule is CCCCCCCC/C=C/CC/C=C/C(O)C(COC1OC(CO)C(O)C(O)C1O)NC(=O)CCCCCCCCCCCCCCCCCCCCCCCCCCCCCCCCCCCCCCCOC(=O)CCCCCCCCCCCCC. The van der Waals surface area contributed by atoms with Gasteiger partial charge in [0.05, 0.1) is 32.0 Å². The van der Waals surface area contributed by atoms with Crippen molar-refractivity contribution in [3.8, 4) is 0 Å². The minimum Gasteiger partial charge on any atom is -0.466 e. The second kappa shape index (κ2) is 66.6. The predicted molar refractivity (Wildman–Crippen MR) is 371 cm³/mol. The van der Waals surface area contributed by atoms with Gasteiger partial charge in [-0.15, -0.1) is 0 Å². The third-order valence-corrected chi connectivity index (χ3v) is 18.6. The van der Waals surface area contributed by atoms with Crippen molar-refractivity contribution in [3.63, 3.8) is 0 Å². The molecule has 6 N–H and O–H groups in total. The number of rotatable bonds is 69. The highest BCUT2D eigenvalue weighted by molar-refractivity contribution is 5.76. The van der Waals surface area contributed by atoms with Crippen molar-refractivity contribution in [2.24, 2.45) is 0 Å². The van der Waals surface area contributed by atoms with Crippen LogP contribution in [-0.2, 0) is 23.8 Å². The number of amides is 1. The van der Waals surface area contributed by atoms with Gasteiger partial charge in [0.25, 0.3) is 0 Å². The summed E-state index contributed by atoms with van der Waals surface area (Å²) in [6, 6.07) is -0.822. The molecule has 0 spiro atoms. The van der Waals surface area contributed by atoms with Crippen LogP contribution in [0.3, 0.4) is 0 Å². The number of esters is 1. The molecule has 0 aromatic rings. The van der Waals surface area contributed by atoms with Crippen LogP contribution in [0.25, 0.3) is 0 Å². The van der Waals surface area contributed by atoms with Crippen LogP contribution in [0.15, 0.2) is 24.3 Å². The number of allylic oxidation sites excluding steroid dienone is 3. The van der Waals surface area contributed by atoms with E-state index in [4.69, 9.17) is 14.2 Å². The van der Waals surface area contributed by atoms with E-state index in [2.05, 4.69) is 31.3 Å². The van der Waals surface area contributed by atoms with Gasteiger partial charge in [0.2, 0.25) is 5.91 Å². The van der Waals surface area contributed by atoms with E-state index in [1.807, 2.05) is 6.08 Å². The maximum absolute atomic E-state index is 13.1. The van der Waals surface area contributed by atoms with E-state index in [1.54, 1.807) is 6.08 Å². The number of carbonyl (C=O) groups excluding carboxylic acids is 2. The second-order valence-electron chi connectivity index (χ2n) is 27.1. The van der Waals surface area contributed by atoms with Crippen LogP contribution in [-0.4, -0.2) is 100 Å². The Kier molecular flexibility index (Phi) is 63.7. The third-order valence-electron chi connectivity index (χ3n) is 18.6. The van der Waals surface area contributed by atoms with Crippen LogP contribution in [0.5, 0.6) is 0 Å². The molecule has 88 heavy (non-hydrogen) atoms. The molecule has 0 aromatic heterocycles. The number of nitrogens with one attached hydrogen (secondary N) is 1. The van der Waals surface area contributed by atoms with E-state index in [9.17, 15) is 35.1 Å². The highest BCUT2D eigenvalue weighted by Crippen LogP contribution is 2.24. The Labute approximate surface area is 543 Å². The fourth-order valence-corrected chi connectivity index (χ4v) is 12.5. The summed E-state index contributed by atoms with van der Waals surface area (Å²) >= 11 is 0. The summed E-state index contributed by atoms with van der Waals surface area (Å²) in [6.45, 7) is 4.36. The van der Waals surface area contributed by atoms with Gasteiger partial charge in [-0.1, -0.05) is 359 Å². The average Bonchev–Trinajstić information content (AvgIpc) is 3.64. The molecule has 1 saturated heterocycles. The summed E-state index contributed by atoms with van der Waals surface area (Å²) in [4.78, 5) is 25.1. The molecule has 1 amide bonds. The quantitative estimate of drug-likeness (QED) is 0.0195. The number of unbranched alkanes of at least 4 members (excludes halogenated alkanes) is 53. The molecule has 0 aromatic carbocycles. The Hall–Kier alpha value is -1.86. The zero-order valence-corrected chi connectivity index (χ0v) is 58.0. The van der Waals surface area contributed by atoms with Crippen LogP contribution in [0.2, 0.25) is 0 Å². The van der Waals surface area contributed by atoms with E-state index in [1.165, 1.54) is 315 Å². The summed E-state index contributed by atoms with van der Waals surface area (Å²) in [5.74, 6) is -0.167. The van der Waals surface area contributed by atoms with Crippen molar-refractivity contribution in [2.45, 2.75) is 436 Å². The first kappa shape index (κ1) is 84.2. The molecular formula is C77H147NO10. The summed E-state index contributed by atoms with van der Waals surface area (Å²) in [5, 5.41) is 54.5. The lowest BCUT2D eigenvalue weighted by Crippen LogP contribution is -2.60. The molecule has 0 saturated carbocycles. The largest absolute Gasteiger partial charge is 0.466 e. The first-order valence-corrected chi connectivity index (χ1v) is 38.6. The standard InChI is InChI=1S/C77H147NO10/c1-3-5-7-9-11-13-15-44-47-51-55-59-63-70(80)69(68-87-77-76(85)75(84)74(83)71(67-79)88-77)78-72(81)64-60-56-52-48-45-41-39-37-35-33-31-29-27-25-23-21-19-17-16-18-20-22-24-26-28-30-32-34-36-38-40-42-46-50-54-58-62-66-86-73(82)65-61-57-53-49-43-14-12-10-8-6-4-2/h44,47,59,63,69-71,74-77,79-80,83-85H,3-43,45-46,48-58,60-62,64-68H2,1-2H3,(H,78,81)/b47-44+,63-59+. The van der Waals surface area contributed by atoms with E-state index in [0.29, 0.717) is 19.4 Å². The van der Waals surface area contributed by atoms with Crippen molar-refractivity contribution in [3.05, 3.63) is 24.3 Å². The van der Waals surface area contributed by atoms with Crippen LogP contribution in [0, 0.1) is 0 Å². The van der Waals surface area contributed by atoms with Crippen molar-refractivity contribution >= 4 is 11.9 Å². The molecule has 7 unspecified atom stereocenters. The number of hydrogen-bond acceptors (Lipinski definition) is 10. The Morgan fingerprint density at radius 1 is 0.409 bits per heavy atom. The maximum Gasteiger partial charge on any atom is 0.305 e. The number of carbonyl (C=O) groups is 2. The lowest BCUT2D eigenvalue weighted by atomic mass is 9.99. The van der Waals surface area contributed by atoms with Crippen molar-refractivity contribution in [1.82, 2.24) is 5.32 Å². The van der Waals surface area contributed by atoms with Crippen LogP contribution < -0.4 is 5.32 Å². The number of aliphatic hydroxyl groups is 5. The summed E-state index contributed by atoms with van der Waals surface area (Å²) < 4.78 is 16.7. The normalized spacial score (nSPS) is 17.8. The molecule has 0 radical (unpaired) electrons. The van der Waals surface area contributed by atoms with Gasteiger partial charge in [0, 0.05) is 12.8 Å². The maximum atomic E-state index is 13.1. The molecule has 1 aliphatic rings. The van der Waals surface area contributed by atoms with Crippen molar-refractivity contribution < 1.29 is 49.3 Å². The molecule has 11 nitrogen and oxygen atoms in total. The van der Waals surface area contributed by atoms with Gasteiger partial charge < -0.3 is 45.1 Å². The third kappa shape index (κ3) is 54.7. The monoisotopic (exact) mass is 1250 g/mol. The fourth-order valence-electron chi connectivity index (χ4n) is 12.5. The zero-order chi connectivity index (χ0) is 63.7. The summed E-state index contributed by atoms with van der Waals surface area (Å²) in [5.41, 5.74) is 0. The molecule has 1 aliphatic heterocycles. The summed E-state index contributed by atoms with van der Waals surface area (Å²) in [7, 11) is 0. The van der Waals surface area contributed by atoms with Crippen molar-refractivity contribution in [2.75, 3.05) is 19.8 Å². The highest BCUT2D eigenvalue weighted by Gasteiger charge is 2.44. The Morgan fingerprint density at radius 2 is 0.739 bits per heavy atom. The first-order valence-electron chi connectivity index (χ1n) is 38.6. The smallest absolute Gasteiger partial charge is 0.305 e. The molecule has 11 heteroatoms. The highest BCUT2D eigenvalue weighted by atomic mass is 16.7. The van der Waals surface area contributed by atoms with Gasteiger partial charge in [-0.05, 0) is 44.9 Å². The number of ether oxygens (including phenoxy) is 3. The van der Waals surface area contributed by atoms with E-state index >= 15 is 0 Å². The van der Waals surface area contributed by atoms with Gasteiger partial charge in [0.1, 0.15) is 24.4 Å². The Balaban J connectivity index is 1.89. The Bertz CT molecular complexity index is 1510. The average molecular weight is 1250 g/mol. The van der Waals surface area contributed by atoms with Crippen LogP contribution in [0.4, 0.5) is 0 Å². The van der Waals surface area contributed by atoms with Crippen LogP contribution >= 0.6 is 0 Å². The molecule has 1 fully saturated rings. The number of hydrogen-bond donors (Lipinski definition) is 6.